The van der Waals surface area contributed by atoms with Gasteiger partial charge in [0.25, 0.3) is 0 Å². The zero-order chi connectivity index (χ0) is 13.8. The summed E-state index contributed by atoms with van der Waals surface area (Å²) >= 11 is 0. The molecule has 102 valence electrons. The lowest BCUT2D eigenvalue weighted by Gasteiger charge is -2.09. The quantitative estimate of drug-likeness (QED) is 0.878. The minimum Gasteiger partial charge on any atom is -0.432 e. The van der Waals surface area contributed by atoms with Gasteiger partial charge in [-0.25, -0.2) is 4.39 Å². The van der Waals surface area contributed by atoms with Gasteiger partial charge in [-0.1, -0.05) is 0 Å². The van der Waals surface area contributed by atoms with Crippen LogP contribution < -0.4 is 10.1 Å². The fraction of sp³-hybridized carbons (Fsp3) is 0.250. The van der Waals surface area contributed by atoms with Gasteiger partial charge < -0.3 is 10.1 Å². The minimum atomic E-state index is -3.04. The van der Waals surface area contributed by atoms with Crippen LogP contribution in [0.25, 0.3) is 0 Å². The summed E-state index contributed by atoms with van der Waals surface area (Å²) in [6, 6.07) is 3.73. The largest absolute Gasteiger partial charge is 0.432 e. The summed E-state index contributed by atoms with van der Waals surface area (Å²) in [6.45, 7) is -0.719. The van der Waals surface area contributed by atoms with Crippen molar-refractivity contribution in [3.05, 3.63) is 41.5 Å². The molecular formula is C12H12F3N3O. The first-order valence-corrected chi connectivity index (χ1v) is 5.53. The van der Waals surface area contributed by atoms with Crippen LogP contribution in [0.15, 0.2) is 24.4 Å². The number of aryl methyl sites for hydroxylation is 1. The summed E-state index contributed by atoms with van der Waals surface area (Å²) in [6.07, 6.45) is 1.66. The highest BCUT2D eigenvalue weighted by Gasteiger charge is 2.10. The molecule has 0 aliphatic carbocycles. The number of aromatic amines is 1. The van der Waals surface area contributed by atoms with Crippen molar-refractivity contribution in [2.24, 2.45) is 0 Å². The predicted molar refractivity (Wildman–Crippen MR) is 63.7 cm³/mol. The summed E-state index contributed by atoms with van der Waals surface area (Å²) < 4.78 is 41.4. The molecule has 0 aliphatic rings. The molecule has 1 aromatic carbocycles. The van der Waals surface area contributed by atoms with Crippen LogP contribution in [0.2, 0.25) is 0 Å². The first-order valence-electron chi connectivity index (χ1n) is 5.53. The van der Waals surface area contributed by atoms with E-state index in [0.717, 1.165) is 23.4 Å². The van der Waals surface area contributed by atoms with E-state index in [1.165, 1.54) is 6.07 Å². The maximum atomic E-state index is 13.4. The van der Waals surface area contributed by atoms with Gasteiger partial charge >= 0.3 is 6.61 Å². The van der Waals surface area contributed by atoms with Crippen LogP contribution >= 0.6 is 0 Å². The van der Waals surface area contributed by atoms with Crippen molar-refractivity contribution in [2.75, 3.05) is 5.32 Å². The molecule has 0 saturated carbocycles. The normalized spacial score (nSPS) is 10.8. The molecule has 1 aromatic heterocycles. The number of halogens is 3. The molecule has 2 N–H and O–H groups in total. The van der Waals surface area contributed by atoms with Crippen LogP contribution in [0, 0.1) is 12.7 Å². The Morgan fingerprint density at radius 2 is 2.21 bits per heavy atom. The number of hydrogen-bond acceptors (Lipinski definition) is 3. The number of rotatable bonds is 5. The molecular weight excluding hydrogens is 259 g/mol. The number of anilines is 1. The first-order chi connectivity index (χ1) is 9.06. The highest BCUT2D eigenvalue weighted by molar-refractivity contribution is 5.47. The molecule has 4 nitrogen and oxygen atoms in total. The summed E-state index contributed by atoms with van der Waals surface area (Å²) in [7, 11) is 0. The van der Waals surface area contributed by atoms with Gasteiger partial charge in [-0.05, 0) is 19.1 Å². The van der Waals surface area contributed by atoms with E-state index in [9.17, 15) is 13.2 Å². The Morgan fingerprint density at radius 3 is 2.79 bits per heavy atom. The molecule has 19 heavy (non-hydrogen) atoms. The van der Waals surface area contributed by atoms with E-state index in [-0.39, 0.29) is 0 Å². The molecule has 2 aromatic rings. The Hall–Kier alpha value is -2.18. The van der Waals surface area contributed by atoms with Gasteiger partial charge in [-0.15, -0.1) is 0 Å². The molecule has 7 heteroatoms. The van der Waals surface area contributed by atoms with Crippen molar-refractivity contribution in [3.8, 4) is 5.75 Å². The number of ether oxygens (including phenoxy) is 1. The van der Waals surface area contributed by atoms with Crippen LogP contribution in [-0.4, -0.2) is 16.8 Å². The third-order valence-corrected chi connectivity index (χ3v) is 2.57. The summed E-state index contributed by atoms with van der Waals surface area (Å²) in [5.74, 6) is -1.31. The minimum absolute atomic E-state index is 0.455. The number of alkyl halides is 2. The van der Waals surface area contributed by atoms with Crippen molar-refractivity contribution in [1.82, 2.24) is 10.2 Å². The van der Waals surface area contributed by atoms with Crippen molar-refractivity contribution in [3.63, 3.8) is 0 Å². The highest BCUT2D eigenvalue weighted by Crippen LogP contribution is 2.23. The summed E-state index contributed by atoms with van der Waals surface area (Å²) in [5, 5.41) is 9.60. The molecule has 0 aliphatic heterocycles. The second-order valence-corrected chi connectivity index (χ2v) is 3.90. The molecule has 0 bridgehead atoms. The summed E-state index contributed by atoms with van der Waals surface area (Å²) in [5.41, 5.74) is 2.32. The van der Waals surface area contributed by atoms with E-state index >= 15 is 0 Å². The van der Waals surface area contributed by atoms with Crippen LogP contribution in [0.4, 0.5) is 18.9 Å². The number of nitrogens with one attached hydrogen (secondary N) is 2. The number of nitrogens with zero attached hydrogens (tertiary/aromatic N) is 1. The number of benzene rings is 1. The number of aromatic nitrogens is 2. The molecule has 0 radical (unpaired) electrons. The van der Waals surface area contributed by atoms with E-state index < -0.39 is 18.2 Å². The predicted octanol–water partition coefficient (Wildman–Crippen LogP) is 3.07. The number of hydrogen-bond donors (Lipinski definition) is 2. The SMILES string of the molecule is Cc1[nH]ncc1CNc1ccc(OC(F)F)c(F)c1. The Balaban J connectivity index is 2.02. The van der Waals surface area contributed by atoms with Gasteiger partial charge in [0.1, 0.15) is 0 Å². The van der Waals surface area contributed by atoms with Crippen LogP contribution in [0.1, 0.15) is 11.3 Å². The van der Waals surface area contributed by atoms with Gasteiger partial charge in [0.2, 0.25) is 0 Å². The lowest BCUT2D eigenvalue weighted by atomic mass is 10.2. The zero-order valence-corrected chi connectivity index (χ0v) is 10.1. The molecule has 0 amide bonds. The number of H-pyrrole nitrogens is 1. The lowest BCUT2D eigenvalue weighted by molar-refractivity contribution is -0.0521. The molecule has 0 atom stereocenters. The molecule has 0 saturated heterocycles. The van der Waals surface area contributed by atoms with Gasteiger partial charge in [0.05, 0.1) is 6.20 Å². The maximum Gasteiger partial charge on any atom is 0.387 e. The van der Waals surface area contributed by atoms with Crippen molar-refractivity contribution < 1.29 is 17.9 Å². The second-order valence-electron chi connectivity index (χ2n) is 3.90. The smallest absolute Gasteiger partial charge is 0.387 e. The first kappa shape index (κ1) is 13.3. The van der Waals surface area contributed by atoms with Crippen molar-refractivity contribution in [1.29, 1.82) is 0 Å². The summed E-state index contributed by atoms with van der Waals surface area (Å²) in [4.78, 5) is 0. The van der Waals surface area contributed by atoms with Crippen molar-refractivity contribution in [2.45, 2.75) is 20.1 Å². The molecule has 2 rings (SSSR count). The topological polar surface area (TPSA) is 49.9 Å². The molecule has 1 heterocycles. The van der Waals surface area contributed by atoms with E-state index in [1.54, 1.807) is 6.20 Å². The fourth-order valence-corrected chi connectivity index (χ4v) is 1.55. The maximum absolute atomic E-state index is 13.4. The fourth-order valence-electron chi connectivity index (χ4n) is 1.55. The Morgan fingerprint density at radius 1 is 1.42 bits per heavy atom. The zero-order valence-electron chi connectivity index (χ0n) is 10.1. The van der Waals surface area contributed by atoms with Crippen LogP contribution in [-0.2, 0) is 6.54 Å². The Kier molecular flexibility index (Phi) is 3.94. The van der Waals surface area contributed by atoms with E-state index in [0.29, 0.717) is 12.2 Å². The van der Waals surface area contributed by atoms with Gasteiger partial charge in [0, 0.05) is 29.6 Å². The van der Waals surface area contributed by atoms with Crippen LogP contribution in [0.3, 0.4) is 0 Å². The average molecular weight is 271 g/mol. The van der Waals surface area contributed by atoms with E-state index in [2.05, 4.69) is 20.3 Å². The van der Waals surface area contributed by atoms with Gasteiger partial charge in [-0.3, -0.25) is 5.10 Å². The molecule has 0 spiro atoms. The van der Waals surface area contributed by atoms with E-state index in [1.807, 2.05) is 6.92 Å². The van der Waals surface area contributed by atoms with Crippen molar-refractivity contribution >= 4 is 5.69 Å². The second kappa shape index (κ2) is 5.64. The lowest BCUT2D eigenvalue weighted by Crippen LogP contribution is -2.05. The standard InChI is InChI=1S/C12H12F3N3O/c1-7-8(6-17-18-7)5-16-9-2-3-11(10(13)4-9)19-12(14)15/h2-4,6,12,16H,5H2,1H3,(H,17,18). The molecule has 0 unspecified atom stereocenters. The monoisotopic (exact) mass is 271 g/mol. The van der Waals surface area contributed by atoms with E-state index in [4.69, 9.17) is 0 Å². The third kappa shape index (κ3) is 3.40. The van der Waals surface area contributed by atoms with Crippen LogP contribution in [0.5, 0.6) is 5.75 Å². The third-order valence-electron chi connectivity index (χ3n) is 2.57. The Labute approximate surface area is 107 Å². The van der Waals surface area contributed by atoms with Gasteiger partial charge in [0.15, 0.2) is 11.6 Å². The van der Waals surface area contributed by atoms with Gasteiger partial charge in [-0.2, -0.15) is 13.9 Å². The highest BCUT2D eigenvalue weighted by atomic mass is 19.3. The Bertz CT molecular complexity index is 557. The average Bonchev–Trinajstić information content (AvgIpc) is 2.75. The molecule has 0 fully saturated rings.